The van der Waals surface area contributed by atoms with Crippen molar-refractivity contribution in [3.63, 3.8) is 0 Å². The normalized spacial score (nSPS) is 10.6. The van der Waals surface area contributed by atoms with Crippen molar-refractivity contribution >= 4 is 28.9 Å². The third-order valence-electron chi connectivity index (χ3n) is 2.91. The van der Waals surface area contributed by atoms with Gasteiger partial charge in [0.15, 0.2) is 5.82 Å². The fourth-order valence-electron chi connectivity index (χ4n) is 2.02. The minimum atomic E-state index is 0.597. The molecule has 2 aromatic heterocycles. The van der Waals surface area contributed by atoms with E-state index in [1.165, 1.54) is 0 Å². The zero-order chi connectivity index (χ0) is 14.7. The molecule has 0 aliphatic heterocycles. The average Bonchev–Trinajstić information content (AvgIpc) is 2.98. The Morgan fingerprint density at radius 2 is 1.86 bits per heavy atom. The zero-order valence-corrected chi connectivity index (χ0v) is 12.5. The number of rotatable bonds is 4. The van der Waals surface area contributed by atoms with Gasteiger partial charge >= 0.3 is 0 Å². The maximum Gasteiger partial charge on any atom is 0.176 e. The molecule has 0 atom stereocenters. The summed E-state index contributed by atoms with van der Waals surface area (Å²) in [7, 11) is 0. The van der Waals surface area contributed by atoms with Gasteiger partial charge in [0, 0.05) is 35.2 Å². The van der Waals surface area contributed by atoms with Gasteiger partial charge in [0.1, 0.15) is 0 Å². The average molecular weight is 319 g/mol. The summed E-state index contributed by atoms with van der Waals surface area (Å²) in [6.07, 6.45) is 5.30. The van der Waals surface area contributed by atoms with Gasteiger partial charge in [-0.15, -0.1) is 0 Å². The van der Waals surface area contributed by atoms with Gasteiger partial charge in [0.25, 0.3) is 0 Å². The lowest BCUT2D eigenvalue weighted by molar-refractivity contribution is 0.846. The second-order valence-corrected chi connectivity index (χ2v) is 5.33. The molecule has 0 saturated heterocycles. The first-order chi connectivity index (χ1) is 10.2. The molecule has 0 aliphatic carbocycles. The number of hydrogen-bond donors (Lipinski definition) is 1. The van der Waals surface area contributed by atoms with E-state index in [0.29, 0.717) is 16.6 Å². The lowest BCUT2D eigenvalue weighted by Crippen LogP contribution is -2.06. The molecular formula is C15H12Cl2N4. The van der Waals surface area contributed by atoms with Crippen LogP contribution in [0.2, 0.25) is 10.0 Å². The molecule has 1 aromatic carbocycles. The van der Waals surface area contributed by atoms with Crippen LogP contribution >= 0.6 is 23.2 Å². The summed E-state index contributed by atoms with van der Waals surface area (Å²) in [5.74, 6) is 0.746. The Hall–Kier alpha value is -2.04. The number of pyridine rings is 1. The third kappa shape index (κ3) is 3.35. The molecule has 21 heavy (non-hydrogen) atoms. The van der Waals surface area contributed by atoms with Crippen LogP contribution in [0.15, 0.2) is 55.0 Å². The highest BCUT2D eigenvalue weighted by Crippen LogP contribution is 2.21. The first-order valence-electron chi connectivity index (χ1n) is 6.36. The van der Waals surface area contributed by atoms with E-state index >= 15 is 0 Å². The molecule has 2 heterocycles. The summed E-state index contributed by atoms with van der Waals surface area (Å²) in [5, 5.41) is 8.78. The number of aromatic nitrogens is 3. The SMILES string of the molecule is Clc1cc(Cl)cc(CNc2cccnc2-n2cccn2)c1. The van der Waals surface area contributed by atoms with E-state index in [1.807, 2.05) is 36.5 Å². The van der Waals surface area contributed by atoms with Crippen LogP contribution in [0.5, 0.6) is 0 Å². The quantitative estimate of drug-likeness (QED) is 0.784. The molecule has 0 radical (unpaired) electrons. The summed E-state index contributed by atoms with van der Waals surface area (Å²) in [6, 6.07) is 11.2. The van der Waals surface area contributed by atoms with Gasteiger partial charge in [-0.1, -0.05) is 23.2 Å². The largest absolute Gasteiger partial charge is 0.378 e. The van der Waals surface area contributed by atoms with E-state index in [-0.39, 0.29) is 0 Å². The molecule has 4 nitrogen and oxygen atoms in total. The number of anilines is 1. The highest BCUT2D eigenvalue weighted by atomic mass is 35.5. The molecule has 0 bridgehead atoms. The summed E-state index contributed by atoms with van der Waals surface area (Å²) in [4.78, 5) is 4.35. The van der Waals surface area contributed by atoms with Crippen LogP contribution in [0.4, 0.5) is 5.69 Å². The van der Waals surface area contributed by atoms with Crippen LogP contribution in [0.3, 0.4) is 0 Å². The molecule has 0 fully saturated rings. The van der Waals surface area contributed by atoms with Crippen molar-refractivity contribution in [2.75, 3.05) is 5.32 Å². The van der Waals surface area contributed by atoms with Crippen LogP contribution in [-0.4, -0.2) is 14.8 Å². The monoisotopic (exact) mass is 318 g/mol. The molecule has 0 unspecified atom stereocenters. The predicted octanol–water partition coefficient (Wildman–Crippen LogP) is 4.19. The first-order valence-corrected chi connectivity index (χ1v) is 7.12. The lowest BCUT2D eigenvalue weighted by Gasteiger charge is -2.11. The van der Waals surface area contributed by atoms with E-state index < -0.39 is 0 Å². The van der Waals surface area contributed by atoms with Crippen molar-refractivity contribution < 1.29 is 0 Å². The molecule has 6 heteroatoms. The van der Waals surface area contributed by atoms with Gasteiger partial charge < -0.3 is 5.32 Å². The lowest BCUT2D eigenvalue weighted by atomic mass is 10.2. The number of hydrogen-bond acceptors (Lipinski definition) is 3. The zero-order valence-electron chi connectivity index (χ0n) is 11.0. The number of nitrogens with one attached hydrogen (secondary N) is 1. The molecule has 0 aliphatic rings. The highest BCUT2D eigenvalue weighted by molar-refractivity contribution is 6.34. The smallest absolute Gasteiger partial charge is 0.176 e. The van der Waals surface area contributed by atoms with Gasteiger partial charge in [-0.25, -0.2) is 9.67 Å². The summed E-state index contributed by atoms with van der Waals surface area (Å²) >= 11 is 12.0. The second kappa shape index (κ2) is 6.16. The van der Waals surface area contributed by atoms with Crippen molar-refractivity contribution in [2.45, 2.75) is 6.54 Å². The standard InChI is InChI=1S/C15H12Cl2N4/c16-12-7-11(8-13(17)9-12)10-19-14-3-1-4-18-15(14)21-6-2-5-20-21/h1-9,19H,10H2. The van der Waals surface area contributed by atoms with Crippen LogP contribution in [0, 0.1) is 0 Å². The maximum atomic E-state index is 6.01. The van der Waals surface area contributed by atoms with Gasteiger partial charge in [-0.3, -0.25) is 0 Å². The molecule has 1 N–H and O–H groups in total. The molecule has 0 saturated carbocycles. The van der Waals surface area contributed by atoms with E-state index in [2.05, 4.69) is 15.4 Å². The van der Waals surface area contributed by atoms with Crippen molar-refractivity contribution in [1.82, 2.24) is 14.8 Å². The van der Waals surface area contributed by atoms with E-state index in [9.17, 15) is 0 Å². The van der Waals surface area contributed by atoms with Crippen LogP contribution in [0.1, 0.15) is 5.56 Å². The van der Waals surface area contributed by atoms with E-state index in [1.54, 1.807) is 23.1 Å². The number of nitrogens with zero attached hydrogens (tertiary/aromatic N) is 3. The summed E-state index contributed by atoms with van der Waals surface area (Å²) < 4.78 is 1.72. The minimum Gasteiger partial charge on any atom is -0.378 e. The summed E-state index contributed by atoms with van der Waals surface area (Å²) in [5.41, 5.74) is 1.89. The fraction of sp³-hybridized carbons (Fsp3) is 0.0667. The van der Waals surface area contributed by atoms with Gasteiger partial charge in [0.05, 0.1) is 5.69 Å². The Morgan fingerprint density at radius 1 is 1.05 bits per heavy atom. The van der Waals surface area contributed by atoms with Crippen LogP contribution < -0.4 is 5.32 Å². The Bertz CT molecular complexity index is 721. The van der Waals surface area contributed by atoms with Crippen LogP contribution in [0.25, 0.3) is 5.82 Å². The molecule has 0 spiro atoms. The van der Waals surface area contributed by atoms with Crippen LogP contribution in [-0.2, 0) is 6.54 Å². The number of halogens is 2. The van der Waals surface area contributed by atoms with Crippen molar-refractivity contribution in [3.8, 4) is 5.82 Å². The van der Waals surface area contributed by atoms with E-state index in [4.69, 9.17) is 23.2 Å². The van der Waals surface area contributed by atoms with E-state index in [0.717, 1.165) is 17.1 Å². The molecule has 0 amide bonds. The first kappa shape index (κ1) is 13.9. The Kier molecular flexibility index (Phi) is 4.08. The number of benzene rings is 1. The van der Waals surface area contributed by atoms with Crippen molar-refractivity contribution in [1.29, 1.82) is 0 Å². The predicted molar refractivity (Wildman–Crippen MR) is 85.1 cm³/mol. The molecule has 106 valence electrons. The maximum absolute atomic E-state index is 6.01. The fourth-order valence-corrected chi connectivity index (χ4v) is 2.59. The topological polar surface area (TPSA) is 42.7 Å². The molecular weight excluding hydrogens is 307 g/mol. The second-order valence-electron chi connectivity index (χ2n) is 4.46. The molecule has 3 rings (SSSR count). The Labute approximate surface area is 132 Å². The highest BCUT2D eigenvalue weighted by Gasteiger charge is 2.06. The Morgan fingerprint density at radius 3 is 2.57 bits per heavy atom. The van der Waals surface area contributed by atoms with Crippen molar-refractivity contribution in [2.24, 2.45) is 0 Å². The van der Waals surface area contributed by atoms with Gasteiger partial charge in [-0.2, -0.15) is 5.10 Å². The summed E-state index contributed by atoms with van der Waals surface area (Å²) in [6.45, 7) is 0.597. The molecule has 3 aromatic rings. The van der Waals surface area contributed by atoms with Crippen molar-refractivity contribution in [3.05, 3.63) is 70.6 Å². The van der Waals surface area contributed by atoms with Gasteiger partial charge in [0.2, 0.25) is 0 Å². The van der Waals surface area contributed by atoms with Gasteiger partial charge in [-0.05, 0) is 42.0 Å². The minimum absolute atomic E-state index is 0.597. The third-order valence-corrected chi connectivity index (χ3v) is 3.35. The Balaban J connectivity index is 1.82.